The Balaban J connectivity index is 2.36. The van der Waals surface area contributed by atoms with E-state index in [1.165, 1.54) is 0 Å². The number of hydrogen-bond acceptors (Lipinski definition) is 5. The number of carboxylic acid groups (broad SMARTS) is 1. The first-order valence-electron chi connectivity index (χ1n) is 8.20. The van der Waals surface area contributed by atoms with Crippen molar-refractivity contribution in [2.45, 2.75) is 45.1 Å². The van der Waals surface area contributed by atoms with Gasteiger partial charge in [0.25, 0.3) is 0 Å². The minimum absolute atomic E-state index is 0.0285. The molecule has 0 saturated carbocycles. The number of nitrogens with zero attached hydrogens (tertiary/aromatic N) is 1. The van der Waals surface area contributed by atoms with Gasteiger partial charge in [0.05, 0.1) is 17.4 Å². The molecule has 6 heteroatoms. The summed E-state index contributed by atoms with van der Waals surface area (Å²) < 4.78 is 0. The zero-order valence-corrected chi connectivity index (χ0v) is 14.8. The maximum Gasteiger partial charge on any atom is 0.303 e. The zero-order valence-electron chi connectivity index (χ0n) is 14.8. The highest BCUT2D eigenvalue weighted by atomic mass is 16.4. The summed E-state index contributed by atoms with van der Waals surface area (Å²) in [5.41, 5.74) is 11.2. The number of phenols is 1. The molecule has 0 bridgehead atoms. The molecule has 0 radical (unpaired) electrons. The highest BCUT2D eigenvalue weighted by molar-refractivity contribution is 6.02. The van der Waals surface area contributed by atoms with Crippen molar-refractivity contribution in [1.29, 1.82) is 0 Å². The number of carboxylic acids is 1. The molecule has 1 aliphatic rings. The van der Waals surface area contributed by atoms with Crippen LogP contribution in [0.3, 0.4) is 0 Å². The van der Waals surface area contributed by atoms with E-state index in [0.717, 1.165) is 11.1 Å². The van der Waals surface area contributed by atoms with Crippen molar-refractivity contribution >= 4 is 17.4 Å². The van der Waals surface area contributed by atoms with Gasteiger partial charge in [0.15, 0.2) is 0 Å². The first kappa shape index (κ1) is 18.7. The molecule has 6 nitrogen and oxygen atoms in total. The Morgan fingerprint density at radius 3 is 2.64 bits per heavy atom. The number of aliphatic carboxylic acids is 1. The second kappa shape index (κ2) is 7.53. The molecule has 0 aromatic heterocycles. The van der Waals surface area contributed by atoms with Gasteiger partial charge < -0.3 is 15.9 Å². The summed E-state index contributed by atoms with van der Waals surface area (Å²) in [5.74, 6) is -0.745. The van der Waals surface area contributed by atoms with Gasteiger partial charge in [-0.15, -0.1) is 0 Å². The van der Waals surface area contributed by atoms with Gasteiger partial charge in [-0.3, -0.25) is 10.2 Å². The van der Waals surface area contributed by atoms with Crippen LogP contribution in [-0.2, 0) is 16.6 Å². The van der Waals surface area contributed by atoms with Gasteiger partial charge in [-0.25, -0.2) is 0 Å². The Morgan fingerprint density at radius 2 is 2.04 bits per heavy atom. The van der Waals surface area contributed by atoms with Crippen LogP contribution in [0.2, 0.25) is 0 Å². The average Bonchev–Trinajstić information content (AvgIpc) is 2.52. The molecule has 0 aliphatic heterocycles. The lowest BCUT2D eigenvalue weighted by Gasteiger charge is -2.23. The number of phenolic OH excluding ortho intramolecular Hbond substituents is 1. The number of aromatic hydroxyl groups is 1. The van der Waals surface area contributed by atoms with Crippen LogP contribution in [-0.4, -0.2) is 27.9 Å². The van der Waals surface area contributed by atoms with Gasteiger partial charge in [-0.2, -0.15) is 5.10 Å². The van der Waals surface area contributed by atoms with E-state index in [1.807, 2.05) is 45.1 Å². The van der Waals surface area contributed by atoms with Crippen LogP contribution < -0.4 is 11.2 Å². The Hall–Kier alpha value is -2.60. The van der Waals surface area contributed by atoms with Crippen molar-refractivity contribution in [1.82, 2.24) is 0 Å². The Kier molecular flexibility index (Phi) is 5.64. The molecule has 0 heterocycles. The molecule has 1 unspecified atom stereocenters. The highest BCUT2D eigenvalue weighted by Crippen LogP contribution is 2.37. The summed E-state index contributed by atoms with van der Waals surface area (Å²) in [4.78, 5) is 10.9. The van der Waals surface area contributed by atoms with E-state index in [-0.39, 0.29) is 23.6 Å². The second-order valence-corrected chi connectivity index (χ2v) is 7.10. The Morgan fingerprint density at radius 1 is 1.32 bits per heavy atom. The number of aryl methyl sites for hydroxylation is 1. The van der Waals surface area contributed by atoms with Gasteiger partial charge in [-0.05, 0) is 29.5 Å². The molecule has 5 N–H and O–H groups in total. The monoisotopic (exact) mass is 343 g/mol. The number of nitrogens with one attached hydrogen (secondary N) is 1. The maximum atomic E-state index is 10.9. The van der Waals surface area contributed by atoms with Crippen molar-refractivity contribution in [2.75, 3.05) is 5.43 Å². The third-order valence-electron chi connectivity index (χ3n) is 3.95. The van der Waals surface area contributed by atoms with E-state index in [2.05, 4.69) is 10.5 Å². The summed E-state index contributed by atoms with van der Waals surface area (Å²) in [6.07, 6.45) is 7.73. The fraction of sp³-hybridized carbons (Fsp3) is 0.368. The zero-order chi connectivity index (χ0) is 18.6. The lowest BCUT2D eigenvalue weighted by molar-refractivity contribution is -0.136. The number of carbonyl (C=O) groups is 1. The Labute approximate surface area is 147 Å². The van der Waals surface area contributed by atoms with Crippen molar-refractivity contribution in [3.8, 4) is 5.75 Å². The van der Waals surface area contributed by atoms with Crippen LogP contribution in [0.15, 0.2) is 41.5 Å². The summed E-state index contributed by atoms with van der Waals surface area (Å²) in [5, 5.41) is 23.8. The van der Waals surface area contributed by atoms with E-state index in [1.54, 1.807) is 12.1 Å². The number of nitrogens with two attached hydrogens (primary N) is 1. The summed E-state index contributed by atoms with van der Waals surface area (Å²) in [6.45, 7) is 5.97. The number of allylic oxidation sites excluding steroid dienone is 2. The fourth-order valence-corrected chi connectivity index (χ4v) is 2.53. The Bertz CT molecular complexity index is 743. The predicted octanol–water partition coefficient (Wildman–Crippen LogP) is 2.93. The van der Waals surface area contributed by atoms with Crippen molar-refractivity contribution < 1.29 is 15.0 Å². The van der Waals surface area contributed by atoms with E-state index in [4.69, 9.17) is 10.8 Å². The molecular weight excluding hydrogens is 318 g/mol. The smallest absolute Gasteiger partial charge is 0.303 e. The fourth-order valence-electron chi connectivity index (χ4n) is 2.53. The number of anilines is 1. The van der Waals surface area contributed by atoms with Crippen molar-refractivity contribution in [3.05, 3.63) is 47.6 Å². The SMILES string of the molecule is CC(C)(C)c1cc(CCC(=O)O)cc(N/N=C2/C=CC=CC2N)c1O. The topological polar surface area (TPSA) is 108 Å². The standard InChI is InChI=1S/C19H25N3O3/c1-19(2,3)13-10-12(8-9-17(23)24)11-16(18(13)25)22-21-15-7-5-4-6-14(15)20/h4-7,10-11,14,22,25H,8-9,20H2,1-3H3,(H,23,24)/b21-15-. The highest BCUT2D eigenvalue weighted by Gasteiger charge is 2.22. The molecule has 0 spiro atoms. The number of rotatable bonds is 5. The molecule has 25 heavy (non-hydrogen) atoms. The van der Waals surface area contributed by atoms with E-state index >= 15 is 0 Å². The predicted molar refractivity (Wildman–Crippen MR) is 100 cm³/mol. The third kappa shape index (κ3) is 4.93. The van der Waals surface area contributed by atoms with Gasteiger partial charge in [-0.1, -0.05) is 45.1 Å². The van der Waals surface area contributed by atoms with Gasteiger partial charge in [0.2, 0.25) is 0 Å². The normalized spacial score (nSPS) is 18.6. The second-order valence-electron chi connectivity index (χ2n) is 7.10. The average molecular weight is 343 g/mol. The van der Waals surface area contributed by atoms with Crippen molar-refractivity contribution in [3.63, 3.8) is 0 Å². The van der Waals surface area contributed by atoms with Gasteiger partial charge >= 0.3 is 5.97 Å². The lowest BCUT2D eigenvalue weighted by atomic mass is 9.84. The summed E-state index contributed by atoms with van der Waals surface area (Å²) in [6, 6.07) is 3.27. The van der Waals surface area contributed by atoms with E-state index < -0.39 is 5.97 Å². The molecule has 134 valence electrons. The van der Waals surface area contributed by atoms with Crippen LogP contribution >= 0.6 is 0 Å². The number of hydrazone groups is 1. The number of benzene rings is 1. The summed E-state index contributed by atoms with van der Waals surface area (Å²) >= 11 is 0. The van der Waals surface area contributed by atoms with Gasteiger partial charge in [0.1, 0.15) is 5.75 Å². The minimum atomic E-state index is -0.856. The molecular formula is C19H25N3O3. The molecule has 0 amide bonds. The van der Waals surface area contributed by atoms with Crippen LogP contribution in [0.4, 0.5) is 5.69 Å². The molecule has 1 aliphatic carbocycles. The quantitative estimate of drug-likeness (QED) is 0.486. The molecule has 1 aromatic carbocycles. The van der Waals surface area contributed by atoms with E-state index in [0.29, 0.717) is 17.8 Å². The first-order valence-corrected chi connectivity index (χ1v) is 8.20. The van der Waals surface area contributed by atoms with Crippen LogP contribution in [0.25, 0.3) is 0 Å². The first-order chi connectivity index (χ1) is 11.7. The lowest BCUT2D eigenvalue weighted by Crippen LogP contribution is -2.28. The third-order valence-corrected chi connectivity index (χ3v) is 3.95. The largest absolute Gasteiger partial charge is 0.505 e. The molecule has 1 aromatic rings. The van der Waals surface area contributed by atoms with Crippen LogP contribution in [0.1, 0.15) is 38.3 Å². The van der Waals surface area contributed by atoms with Gasteiger partial charge in [0, 0.05) is 12.0 Å². The van der Waals surface area contributed by atoms with Crippen LogP contribution in [0, 0.1) is 0 Å². The van der Waals surface area contributed by atoms with Crippen molar-refractivity contribution in [2.24, 2.45) is 10.8 Å². The molecule has 0 fully saturated rings. The van der Waals surface area contributed by atoms with E-state index in [9.17, 15) is 9.90 Å². The van der Waals surface area contributed by atoms with Crippen LogP contribution in [0.5, 0.6) is 5.75 Å². The number of hydrogen-bond donors (Lipinski definition) is 4. The summed E-state index contributed by atoms with van der Waals surface area (Å²) in [7, 11) is 0. The molecule has 0 saturated heterocycles. The molecule has 1 atom stereocenters. The minimum Gasteiger partial charge on any atom is -0.505 e. The maximum absolute atomic E-state index is 10.9. The molecule has 2 rings (SSSR count).